The highest BCUT2D eigenvalue weighted by Gasteiger charge is 2.33. The molecule has 3 heterocycles. The van der Waals surface area contributed by atoms with E-state index in [1.165, 1.54) is 30.6 Å². The molecule has 10 nitrogen and oxygen atoms in total. The van der Waals surface area contributed by atoms with E-state index < -0.39 is 0 Å². The van der Waals surface area contributed by atoms with Crippen LogP contribution in [0.1, 0.15) is 65.7 Å². The fourth-order valence-electron chi connectivity index (χ4n) is 6.11. The number of imide groups is 1. The maximum absolute atomic E-state index is 13.6. The molecule has 0 atom stereocenters. The highest BCUT2D eigenvalue weighted by molar-refractivity contribution is 6.26. The van der Waals surface area contributed by atoms with E-state index in [-0.39, 0.29) is 30.2 Å². The van der Waals surface area contributed by atoms with Crippen LogP contribution in [0.4, 0.5) is 11.4 Å². The SMILES string of the molecule is CN(C)CCCN1C(=O)c2cc(NC(=O)CCN3CCCC3)cc3cc(NC(=O)CCN4CCCC4)cc(c23)C1=O. The van der Waals surface area contributed by atoms with Crippen LogP contribution in [-0.4, -0.2) is 110 Å². The molecule has 0 bridgehead atoms. The summed E-state index contributed by atoms with van der Waals surface area (Å²) < 4.78 is 0. The first-order valence-electron chi connectivity index (χ1n) is 15.0. The lowest BCUT2D eigenvalue weighted by Gasteiger charge is -2.28. The predicted octanol–water partition coefficient (Wildman–Crippen LogP) is 3.24. The number of hydrogen-bond donors (Lipinski definition) is 2. The first kappa shape index (κ1) is 29.2. The molecular formula is C31H42N6O4. The van der Waals surface area contributed by atoms with Gasteiger partial charge in [-0.15, -0.1) is 0 Å². The summed E-state index contributed by atoms with van der Waals surface area (Å²) in [6.45, 7) is 6.52. The van der Waals surface area contributed by atoms with Crippen LogP contribution in [0.3, 0.4) is 0 Å². The van der Waals surface area contributed by atoms with Gasteiger partial charge >= 0.3 is 0 Å². The van der Waals surface area contributed by atoms with Crippen LogP contribution in [-0.2, 0) is 9.59 Å². The van der Waals surface area contributed by atoms with Gasteiger partial charge in [-0.2, -0.15) is 0 Å². The number of likely N-dealkylation sites (tertiary alicyclic amines) is 2. The molecule has 220 valence electrons. The summed E-state index contributed by atoms with van der Waals surface area (Å²) in [5.41, 5.74) is 1.81. The van der Waals surface area contributed by atoms with Gasteiger partial charge in [0.15, 0.2) is 0 Å². The molecule has 10 heteroatoms. The molecule has 5 rings (SSSR count). The first-order valence-corrected chi connectivity index (χ1v) is 15.0. The molecule has 2 fully saturated rings. The number of carbonyl (C=O) groups excluding carboxylic acids is 4. The van der Waals surface area contributed by atoms with Crippen molar-refractivity contribution in [3.63, 3.8) is 0 Å². The van der Waals surface area contributed by atoms with Gasteiger partial charge in [0.2, 0.25) is 11.8 Å². The van der Waals surface area contributed by atoms with Crippen molar-refractivity contribution in [1.82, 2.24) is 19.6 Å². The number of amides is 4. The number of benzene rings is 2. The molecule has 0 aromatic heterocycles. The van der Waals surface area contributed by atoms with Crippen LogP contribution in [0.25, 0.3) is 10.8 Å². The topological polar surface area (TPSA) is 105 Å². The third kappa shape index (κ3) is 7.12. The first-order chi connectivity index (χ1) is 19.8. The fraction of sp³-hybridized carbons (Fsp3) is 0.548. The molecular weight excluding hydrogens is 520 g/mol. The Morgan fingerprint density at radius 2 is 1.20 bits per heavy atom. The van der Waals surface area contributed by atoms with Gasteiger partial charge in [0, 0.05) is 49.2 Å². The highest BCUT2D eigenvalue weighted by Crippen LogP contribution is 2.35. The van der Waals surface area contributed by atoms with E-state index in [0.29, 0.717) is 65.6 Å². The molecule has 2 aromatic rings. The van der Waals surface area contributed by atoms with Gasteiger partial charge in [0.1, 0.15) is 0 Å². The summed E-state index contributed by atoms with van der Waals surface area (Å²) in [6, 6.07) is 6.94. The highest BCUT2D eigenvalue weighted by atomic mass is 16.2. The van der Waals surface area contributed by atoms with E-state index >= 15 is 0 Å². The summed E-state index contributed by atoms with van der Waals surface area (Å²) in [5.74, 6) is -0.946. The lowest BCUT2D eigenvalue weighted by Crippen LogP contribution is -2.41. The zero-order chi connectivity index (χ0) is 28.9. The Balaban J connectivity index is 1.40. The van der Waals surface area contributed by atoms with Crippen LogP contribution in [0, 0.1) is 0 Å². The Morgan fingerprint density at radius 3 is 1.63 bits per heavy atom. The second-order valence-corrected chi connectivity index (χ2v) is 11.8. The van der Waals surface area contributed by atoms with E-state index in [9.17, 15) is 19.2 Å². The van der Waals surface area contributed by atoms with Gasteiger partial charge in [0.05, 0.1) is 11.1 Å². The Morgan fingerprint density at radius 1 is 0.732 bits per heavy atom. The molecule has 3 aliphatic rings. The molecule has 0 saturated carbocycles. The number of nitrogens with one attached hydrogen (secondary N) is 2. The number of nitrogens with zero attached hydrogens (tertiary/aromatic N) is 4. The summed E-state index contributed by atoms with van der Waals surface area (Å²) in [7, 11) is 3.90. The Bertz CT molecular complexity index is 1220. The number of carbonyl (C=O) groups is 4. The largest absolute Gasteiger partial charge is 0.326 e. The zero-order valence-electron chi connectivity index (χ0n) is 24.3. The Hall–Kier alpha value is -3.34. The predicted molar refractivity (Wildman–Crippen MR) is 160 cm³/mol. The quantitative estimate of drug-likeness (QED) is 0.383. The van der Waals surface area contributed by atoms with E-state index in [4.69, 9.17) is 0 Å². The van der Waals surface area contributed by atoms with Crippen LogP contribution in [0.2, 0.25) is 0 Å². The number of anilines is 2. The molecule has 0 spiro atoms. The van der Waals surface area contributed by atoms with Crippen LogP contribution in [0.15, 0.2) is 24.3 Å². The van der Waals surface area contributed by atoms with Crippen molar-refractivity contribution in [3.8, 4) is 0 Å². The average molecular weight is 563 g/mol. The van der Waals surface area contributed by atoms with Gasteiger partial charge < -0.3 is 25.3 Å². The zero-order valence-corrected chi connectivity index (χ0v) is 24.3. The summed E-state index contributed by atoms with van der Waals surface area (Å²) in [5, 5.41) is 7.15. The molecule has 2 saturated heterocycles. The normalized spacial score (nSPS) is 17.7. The lowest BCUT2D eigenvalue weighted by atomic mass is 9.92. The standard InChI is InChI=1S/C31H42N6O4/c1-34(2)10-7-15-37-30(40)25-20-23(32-27(38)8-16-35-11-3-4-12-35)18-22-19-24(21-26(29(22)25)31(37)41)33-28(39)9-17-36-13-5-6-14-36/h18-21H,3-17H2,1-2H3,(H,32,38)(H,33,39). The third-order valence-corrected chi connectivity index (χ3v) is 8.26. The molecule has 2 N–H and O–H groups in total. The molecule has 4 amide bonds. The van der Waals surface area contributed by atoms with Crippen LogP contribution in [0.5, 0.6) is 0 Å². The molecule has 0 radical (unpaired) electrons. The van der Waals surface area contributed by atoms with Crippen molar-refractivity contribution < 1.29 is 19.2 Å². The van der Waals surface area contributed by atoms with Crippen molar-refractivity contribution in [1.29, 1.82) is 0 Å². The monoisotopic (exact) mass is 562 g/mol. The van der Waals surface area contributed by atoms with Crippen molar-refractivity contribution in [2.24, 2.45) is 0 Å². The van der Waals surface area contributed by atoms with Crippen molar-refractivity contribution in [2.75, 3.05) is 77.1 Å². The number of hydrogen-bond acceptors (Lipinski definition) is 7. The van der Waals surface area contributed by atoms with E-state index in [1.807, 2.05) is 19.0 Å². The minimum absolute atomic E-state index is 0.114. The second-order valence-electron chi connectivity index (χ2n) is 11.8. The van der Waals surface area contributed by atoms with Crippen molar-refractivity contribution in [2.45, 2.75) is 44.9 Å². The summed E-state index contributed by atoms with van der Waals surface area (Å²) in [4.78, 5) is 60.7. The second kappa shape index (κ2) is 13.1. The molecule has 2 aromatic carbocycles. The average Bonchev–Trinajstić information content (AvgIpc) is 3.65. The van der Waals surface area contributed by atoms with Crippen LogP contribution >= 0.6 is 0 Å². The van der Waals surface area contributed by atoms with Crippen LogP contribution < -0.4 is 10.6 Å². The van der Waals surface area contributed by atoms with Gasteiger partial charge in [-0.1, -0.05) is 0 Å². The Kier molecular flexibility index (Phi) is 9.32. The molecule has 41 heavy (non-hydrogen) atoms. The Labute approximate surface area is 242 Å². The minimum atomic E-state index is -0.359. The maximum Gasteiger partial charge on any atom is 0.261 e. The van der Waals surface area contributed by atoms with Gasteiger partial charge in [-0.3, -0.25) is 24.1 Å². The fourth-order valence-corrected chi connectivity index (χ4v) is 6.11. The van der Waals surface area contributed by atoms with Crippen molar-refractivity contribution >= 4 is 45.8 Å². The van der Waals surface area contributed by atoms with E-state index in [0.717, 1.165) is 32.7 Å². The maximum atomic E-state index is 13.6. The number of rotatable bonds is 12. The minimum Gasteiger partial charge on any atom is -0.326 e. The van der Waals surface area contributed by atoms with Gasteiger partial charge in [-0.25, -0.2) is 0 Å². The van der Waals surface area contributed by atoms with Gasteiger partial charge in [-0.05, 0) is 109 Å². The van der Waals surface area contributed by atoms with Gasteiger partial charge in [0.25, 0.3) is 11.8 Å². The summed E-state index contributed by atoms with van der Waals surface area (Å²) in [6.07, 6.45) is 6.05. The van der Waals surface area contributed by atoms with E-state index in [2.05, 4.69) is 20.4 Å². The van der Waals surface area contributed by atoms with Crippen molar-refractivity contribution in [3.05, 3.63) is 35.4 Å². The smallest absolute Gasteiger partial charge is 0.261 e. The van der Waals surface area contributed by atoms with E-state index in [1.54, 1.807) is 24.3 Å². The third-order valence-electron chi connectivity index (χ3n) is 8.26. The molecule has 0 unspecified atom stereocenters. The summed E-state index contributed by atoms with van der Waals surface area (Å²) >= 11 is 0. The lowest BCUT2D eigenvalue weighted by molar-refractivity contribution is -0.117. The molecule has 3 aliphatic heterocycles. The molecule has 0 aliphatic carbocycles.